The number of hydrogen-bond acceptors (Lipinski definition) is 10. The fourth-order valence-electron chi connectivity index (χ4n) is 9.65. The second-order valence-electron chi connectivity index (χ2n) is 16.6. The predicted molar refractivity (Wildman–Crippen MR) is 229 cm³/mol. The Morgan fingerprint density at radius 1 is 1.00 bits per heavy atom. The van der Waals surface area contributed by atoms with Crippen LogP contribution in [0.25, 0.3) is 0 Å². The van der Waals surface area contributed by atoms with E-state index in [1.54, 1.807) is 42.3 Å². The number of aliphatic hydroxyl groups is 2. The number of nitrogens with zero attached hydrogens (tertiary/aromatic N) is 3. The first kappa shape index (κ1) is 43.1. The third-order valence-corrected chi connectivity index (χ3v) is 12.8. The molecule has 1 saturated carbocycles. The smallest absolute Gasteiger partial charge is 0.254 e. The molecule has 7 rings (SSSR count). The van der Waals surface area contributed by atoms with Crippen LogP contribution < -0.4 is 9.47 Å². The number of aryl methyl sites for hydroxylation is 2. The van der Waals surface area contributed by atoms with Gasteiger partial charge in [-0.3, -0.25) is 4.79 Å². The van der Waals surface area contributed by atoms with Crippen molar-refractivity contribution in [3.8, 4) is 23.3 Å². The van der Waals surface area contributed by atoms with E-state index in [9.17, 15) is 20.3 Å². The molecule has 11 nitrogen and oxygen atoms in total. The zero-order chi connectivity index (χ0) is 42.2. The van der Waals surface area contributed by atoms with E-state index in [4.69, 9.17) is 28.9 Å². The Labute approximate surface area is 354 Å². The molecule has 60 heavy (non-hydrogen) atoms. The summed E-state index contributed by atoms with van der Waals surface area (Å²) in [4.78, 5) is 22.5. The van der Waals surface area contributed by atoms with Crippen molar-refractivity contribution in [1.82, 2.24) is 4.90 Å². The lowest BCUT2D eigenvalue weighted by atomic mass is 9.55. The fourth-order valence-corrected chi connectivity index (χ4v) is 9.65. The predicted octanol–water partition coefficient (Wildman–Crippen LogP) is 8.90. The van der Waals surface area contributed by atoms with Crippen LogP contribution in [0.2, 0.25) is 0 Å². The van der Waals surface area contributed by atoms with Crippen LogP contribution in [0.4, 0.5) is 0 Å². The maximum absolute atomic E-state index is 14.6. The minimum Gasteiger partial charge on any atom is -0.459 e. The first-order chi connectivity index (χ1) is 29.2. The highest BCUT2D eigenvalue weighted by molar-refractivity contribution is 6.03. The molecule has 2 fully saturated rings. The van der Waals surface area contributed by atoms with Gasteiger partial charge in [-0.05, 0) is 136 Å². The zero-order valence-corrected chi connectivity index (χ0v) is 35.2. The quantitative estimate of drug-likeness (QED) is 0.0776. The van der Waals surface area contributed by atoms with Crippen molar-refractivity contribution in [2.45, 2.75) is 102 Å². The Bertz CT molecular complexity index is 2090. The van der Waals surface area contributed by atoms with Crippen LogP contribution in [0.5, 0.6) is 17.2 Å². The molecule has 0 aromatic heterocycles. The van der Waals surface area contributed by atoms with Gasteiger partial charge in [0, 0.05) is 50.1 Å². The molecule has 11 heteroatoms. The number of unbranched alkanes of at least 4 members (excludes halogenated alkanes) is 2. The molecule has 2 aliphatic heterocycles. The molecule has 4 aliphatic rings. The Hall–Kier alpha value is -4.99. The van der Waals surface area contributed by atoms with Crippen LogP contribution in [0, 0.1) is 42.9 Å². The maximum Gasteiger partial charge on any atom is 0.254 e. The van der Waals surface area contributed by atoms with Gasteiger partial charge in [0.2, 0.25) is 12.1 Å². The minimum atomic E-state index is -1.39. The standard InChI is InChI=1S/C49H59N3O8/c1-5-25-57-49-44(52(4)48(55)35-18-16-34(31-50)17-19-35)30-42(51-60-45-14-8-11-26-56-45)40-28-36(12-6-9-23-53)39(13-7-10-24-54)46(47(40)49)41-29-38(21-22-43(41)59-49)58-37-20-15-32(2)33(3)27-37/h5,15-22,27-29,36,39,44-47,53-54H,1,6-14,23-26,30H2,2-4H3/t36-,39+,44-,45?,46+,47+,49+/m0/s1. The lowest BCUT2D eigenvalue weighted by Crippen LogP contribution is -2.69. The summed E-state index contributed by atoms with van der Waals surface area (Å²) in [6, 6.07) is 20.1. The summed E-state index contributed by atoms with van der Waals surface area (Å²) >= 11 is 0. The first-order valence-electron chi connectivity index (χ1n) is 21.6. The van der Waals surface area contributed by atoms with Crippen LogP contribution in [-0.4, -0.2) is 78.3 Å². The summed E-state index contributed by atoms with van der Waals surface area (Å²) in [7, 11) is 1.77. The van der Waals surface area contributed by atoms with E-state index < -0.39 is 24.0 Å². The van der Waals surface area contributed by atoms with Crippen LogP contribution in [0.3, 0.4) is 0 Å². The van der Waals surface area contributed by atoms with Gasteiger partial charge in [0.15, 0.2) is 0 Å². The number of nitriles is 1. The zero-order valence-electron chi connectivity index (χ0n) is 35.2. The number of oxime groups is 1. The number of carbonyl (C=O) groups is 1. The summed E-state index contributed by atoms with van der Waals surface area (Å²) < 4.78 is 26.9. The molecule has 1 saturated heterocycles. The number of likely N-dealkylation sites (N-methyl/N-ethyl adjacent to an activating group) is 1. The molecule has 318 valence electrons. The molecular weight excluding hydrogens is 759 g/mol. The number of benzene rings is 3. The summed E-state index contributed by atoms with van der Waals surface area (Å²) in [5.41, 5.74) is 5.84. The highest BCUT2D eigenvalue weighted by Crippen LogP contribution is 2.62. The largest absolute Gasteiger partial charge is 0.459 e. The second-order valence-corrected chi connectivity index (χ2v) is 16.6. The highest BCUT2D eigenvalue weighted by Gasteiger charge is 2.65. The van der Waals surface area contributed by atoms with E-state index in [-0.39, 0.29) is 49.9 Å². The normalized spacial score (nSPS) is 26.1. The van der Waals surface area contributed by atoms with E-state index in [2.05, 4.69) is 44.7 Å². The van der Waals surface area contributed by atoms with Gasteiger partial charge in [0.05, 0.1) is 36.5 Å². The topological polar surface area (TPSA) is 143 Å². The molecule has 1 amide bonds. The van der Waals surface area contributed by atoms with Crippen LogP contribution in [0.1, 0.15) is 103 Å². The number of allylic oxidation sites excluding steroid dienone is 1. The van der Waals surface area contributed by atoms with E-state index in [1.807, 2.05) is 24.3 Å². The van der Waals surface area contributed by atoms with Gasteiger partial charge in [0.1, 0.15) is 23.3 Å². The van der Waals surface area contributed by atoms with Gasteiger partial charge in [-0.15, -0.1) is 6.58 Å². The van der Waals surface area contributed by atoms with Crippen molar-refractivity contribution < 1.29 is 38.8 Å². The summed E-state index contributed by atoms with van der Waals surface area (Å²) in [6.45, 7) is 9.14. The maximum atomic E-state index is 14.6. The summed E-state index contributed by atoms with van der Waals surface area (Å²) in [6.07, 6.45) is 11.1. The van der Waals surface area contributed by atoms with Crippen LogP contribution in [-0.2, 0) is 14.3 Å². The van der Waals surface area contributed by atoms with Gasteiger partial charge < -0.3 is 38.9 Å². The minimum absolute atomic E-state index is 0.0670. The van der Waals surface area contributed by atoms with Crippen molar-refractivity contribution >= 4 is 11.6 Å². The molecule has 1 unspecified atom stereocenters. The fraction of sp³-hybridized carbons (Fsp3) is 0.490. The Balaban J connectivity index is 1.42. The molecule has 7 atom stereocenters. The lowest BCUT2D eigenvalue weighted by molar-refractivity contribution is -0.252. The van der Waals surface area contributed by atoms with E-state index in [0.29, 0.717) is 47.8 Å². The molecular formula is C49H59N3O8. The third kappa shape index (κ3) is 9.03. The van der Waals surface area contributed by atoms with Gasteiger partial charge >= 0.3 is 0 Å². The molecule has 3 aromatic rings. The third-order valence-electron chi connectivity index (χ3n) is 12.8. The first-order valence-corrected chi connectivity index (χ1v) is 21.6. The highest BCUT2D eigenvalue weighted by atomic mass is 16.8. The average molecular weight is 818 g/mol. The molecule has 3 aromatic carbocycles. The van der Waals surface area contributed by atoms with E-state index in [1.165, 1.54) is 5.56 Å². The van der Waals surface area contributed by atoms with Crippen molar-refractivity contribution in [2.24, 2.45) is 22.9 Å². The number of amides is 1. The molecule has 2 heterocycles. The van der Waals surface area contributed by atoms with Gasteiger partial charge in [0.25, 0.3) is 5.91 Å². The lowest BCUT2D eigenvalue weighted by Gasteiger charge is -2.59. The van der Waals surface area contributed by atoms with Gasteiger partial charge in [-0.2, -0.15) is 5.26 Å². The number of ether oxygens (including phenoxy) is 4. The Morgan fingerprint density at radius 2 is 1.75 bits per heavy atom. The second kappa shape index (κ2) is 19.6. The summed E-state index contributed by atoms with van der Waals surface area (Å²) in [5.74, 6) is -0.0907. The Kier molecular flexibility index (Phi) is 14.1. The van der Waals surface area contributed by atoms with Crippen molar-refractivity contribution in [3.63, 3.8) is 0 Å². The van der Waals surface area contributed by atoms with Gasteiger partial charge in [-0.25, -0.2) is 0 Å². The monoisotopic (exact) mass is 817 g/mol. The molecule has 2 aliphatic carbocycles. The van der Waals surface area contributed by atoms with E-state index in [0.717, 1.165) is 67.4 Å². The van der Waals surface area contributed by atoms with Crippen LogP contribution >= 0.6 is 0 Å². The molecule has 2 N–H and O–H groups in total. The SMILES string of the molecule is C=CCO[C@@]12Oc3ccc(Oc4ccc(C)c(C)c4)cc3[C@H]3[C@H](CCCCO)[C@@H](CCCCO)C=C(C(=NOC4CCCCO4)C[C@@H]1N(C)C(=O)c1ccc(C#N)cc1)[C@H]32. The number of carbonyl (C=O) groups excluding carboxylic acids is 1. The average Bonchev–Trinajstić information content (AvgIpc) is 3.27. The van der Waals surface area contributed by atoms with Crippen molar-refractivity contribution in [3.05, 3.63) is 113 Å². The molecule has 0 spiro atoms. The van der Waals surface area contributed by atoms with E-state index >= 15 is 0 Å². The molecule has 0 radical (unpaired) electrons. The number of rotatable bonds is 17. The van der Waals surface area contributed by atoms with Crippen molar-refractivity contribution in [2.75, 3.05) is 33.5 Å². The number of hydrogen-bond donors (Lipinski definition) is 2. The Morgan fingerprint density at radius 3 is 2.45 bits per heavy atom. The van der Waals surface area contributed by atoms with Crippen LogP contribution in [0.15, 0.2) is 90.1 Å². The molecule has 0 bridgehead atoms. The summed E-state index contributed by atoms with van der Waals surface area (Å²) in [5, 5.41) is 34.2. The van der Waals surface area contributed by atoms with Crippen molar-refractivity contribution in [1.29, 1.82) is 5.26 Å². The number of fused-ring (bicyclic) bond motifs is 2. The van der Waals surface area contributed by atoms with Gasteiger partial charge in [-0.1, -0.05) is 36.2 Å². The number of aliphatic hydroxyl groups excluding tert-OH is 2.